The summed E-state index contributed by atoms with van der Waals surface area (Å²) < 4.78 is 19.0. The van der Waals surface area contributed by atoms with Crippen LogP contribution in [0.25, 0.3) is 16.8 Å². The Bertz CT molecular complexity index is 1270. The van der Waals surface area contributed by atoms with Gasteiger partial charge < -0.3 is 10.1 Å². The molecule has 1 fully saturated rings. The minimum absolute atomic E-state index is 0.0801. The topological polar surface area (TPSA) is 75.7 Å². The van der Waals surface area contributed by atoms with Crippen LogP contribution in [0.2, 0.25) is 0 Å². The molecule has 0 unspecified atom stereocenters. The highest BCUT2D eigenvalue weighted by Gasteiger charge is 2.36. The molecular formula is C25H21FN2O4S. The van der Waals surface area contributed by atoms with Crippen LogP contribution in [0.5, 0.6) is 5.75 Å². The summed E-state index contributed by atoms with van der Waals surface area (Å²) >= 11 is 0.776. The Morgan fingerprint density at radius 1 is 1.09 bits per heavy atom. The quantitative estimate of drug-likeness (QED) is 0.492. The second-order valence-electron chi connectivity index (χ2n) is 7.69. The maximum atomic E-state index is 13.0. The van der Waals surface area contributed by atoms with Gasteiger partial charge in [0.05, 0.1) is 11.0 Å². The van der Waals surface area contributed by atoms with Gasteiger partial charge in [-0.1, -0.05) is 30.3 Å². The first kappa shape index (κ1) is 22.5. The monoisotopic (exact) mass is 464 g/mol. The average Bonchev–Trinajstić information content (AvgIpc) is 3.04. The molecule has 3 amide bonds. The minimum Gasteiger partial charge on any atom is -0.490 e. The molecule has 33 heavy (non-hydrogen) atoms. The molecule has 0 atom stereocenters. The van der Waals surface area contributed by atoms with Crippen molar-refractivity contribution < 1.29 is 23.5 Å². The third-order valence-corrected chi connectivity index (χ3v) is 5.78. The largest absolute Gasteiger partial charge is 0.490 e. The number of amides is 3. The molecule has 6 nitrogen and oxygen atoms in total. The minimum atomic E-state index is -0.556. The van der Waals surface area contributed by atoms with E-state index in [2.05, 4.69) is 5.32 Å². The number of carbonyl (C=O) groups is 3. The van der Waals surface area contributed by atoms with Gasteiger partial charge in [0.25, 0.3) is 11.1 Å². The number of nitrogens with zero attached hydrogens (tertiary/aromatic N) is 1. The first-order valence-electron chi connectivity index (χ1n) is 10.3. The summed E-state index contributed by atoms with van der Waals surface area (Å²) in [6.45, 7) is 3.38. The summed E-state index contributed by atoms with van der Waals surface area (Å²) in [5, 5.41) is 3.88. The van der Waals surface area contributed by atoms with Crippen LogP contribution >= 0.6 is 11.8 Å². The molecule has 0 radical (unpaired) electrons. The molecule has 168 valence electrons. The van der Waals surface area contributed by atoms with Crippen molar-refractivity contribution in [2.24, 2.45) is 0 Å². The summed E-state index contributed by atoms with van der Waals surface area (Å²) in [5.74, 6) is -0.940. The molecule has 1 N–H and O–H groups in total. The molecule has 0 bridgehead atoms. The SMILES string of the molecule is CC(C)Oc1ccc2ccccc2c1/C=C1\SC(=O)N(CC(=O)Nc2ccc(F)cc2)C1=O. The van der Waals surface area contributed by atoms with Crippen molar-refractivity contribution >= 4 is 51.4 Å². The van der Waals surface area contributed by atoms with Gasteiger partial charge in [0.15, 0.2) is 0 Å². The van der Waals surface area contributed by atoms with Crippen molar-refractivity contribution in [3.05, 3.63) is 76.9 Å². The van der Waals surface area contributed by atoms with Gasteiger partial charge in [-0.05, 0) is 72.8 Å². The number of rotatable bonds is 6. The first-order valence-corrected chi connectivity index (χ1v) is 11.1. The second-order valence-corrected chi connectivity index (χ2v) is 8.68. The standard InChI is InChI=1S/C25H21FN2O4S/c1-15(2)32-21-12-7-16-5-3-4-6-19(16)20(21)13-22-24(30)28(25(31)33-22)14-23(29)27-18-10-8-17(26)9-11-18/h3-13,15H,14H2,1-2H3,(H,27,29)/b22-13-. The van der Waals surface area contributed by atoms with Crippen LogP contribution in [-0.2, 0) is 9.59 Å². The van der Waals surface area contributed by atoms with Gasteiger partial charge in [-0.15, -0.1) is 0 Å². The van der Waals surface area contributed by atoms with Crippen molar-refractivity contribution in [3.8, 4) is 5.75 Å². The van der Waals surface area contributed by atoms with Gasteiger partial charge in [0.1, 0.15) is 18.1 Å². The predicted molar refractivity (Wildman–Crippen MR) is 127 cm³/mol. The molecule has 3 aromatic rings. The van der Waals surface area contributed by atoms with Crippen LogP contribution in [0.4, 0.5) is 14.9 Å². The highest BCUT2D eigenvalue weighted by Crippen LogP contribution is 2.37. The van der Waals surface area contributed by atoms with Gasteiger partial charge in [0, 0.05) is 11.3 Å². The lowest BCUT2D eigenvalue weighted by atomic mass is 10.0. The van der Waals surface area contributed by atoms with Crippen molar-refractivity contribution in [1.29, 1.82) is 0 Å². The molecule has 1 aliphatic rings. The van der Waals surface area contributed by atoms with Gasteiger partial charge in [-0.2, -0.15) is 0 Å². The fraction of sp³-hybridized carbons (Fsp3) is 0.160. The number of carbonyl (C=O) groups excluding carboxylic acids is 3. The summed E-state index contributed by atoms with van der Waals surface area (Å²) in [6, 6.07) is 16.7. The summed E-state index contributed by atoms with van der Waals surface area (Å²) in [6.07, 6.45) is 1.56. The van der Waals surface area contributed by atoms with E-state index in [0.29, 0.717) is 17.0 Å². The van der Waals surface area contributed by atoms with Crippen molar-refractivity contribution in [1.82, 2.24) is 4.90 Å². The molecule has 0 aliphatic carbocycles. The number of hydrogen-bond donors (Lipinski definition) is 1. The smallest absolute Gasteiger partial charge is 0.294 e. The van der Waals surface area contributed by atoms with Gasteiger partial charge >= 0.3 is 0 Å². The lowest BCUT2D eigenvalue weighted by Gasteiger charge is -2.15. The van der Waals surface area contributed by atoms with Crippen molar-refractivity contribution in [2.75, 3.05) is 11.9 Å². The van der Waals surface area contributed by atoms with Crippen molar-refractivity contribution in [3.63, 3.8) is 0 Å². The molecule has 1 saturated heterocycles. The fourth-order valence-electron chi connectivity index (χ4n) is 3.43. The Hall–Kier alpha value is -3.65. The molecule has 1 heterocycles. The lowest BCUT2D eigenvalue weighted by molar-refractivity contribution is -0.127. The number of benzene rings is 3. The van der Waals surface area contributed by atoms with E-state index in [1.807, 2.05) is 50.2 Å². The molecule has 4 rings (SSSR count). The molecule has 0 aromatic heterocycles. The van der Waals surface area contributed by atoms with Gasteiger partial charge in [-0.3, -0.25) is 19.3 Å². The maximum absolute atomic E-state index is 13.0. The number of anilines is 1. The van der Waals surface area contributed by atoms with Gasteiger partial charge in [-0.25, -0.2) is 4.39 Å². The van der Waals surface area contributed by atoms with Crippen LogP contribution < -0.4 is 10.1 Å². The molecule has 0 spiro atoms. The molecule has 3 aromatic carbocycles. The normalized spacial score (nSPS) is 15.0. The Morgan fingerprint density at radius 2 is 1.82 bits per heavy atom. The van der Waals surface area contributed by atoms with E-state index in [0.717, 1.165) is 27.4 Å². The van der Waals surface area contributed by atoms with Crippen LogP contribution in [0, 0.1) is 5.82 Å². The molecule has 8 heteroatoms. The summed E-state index contributed by atoms with van der Waals surface area (Å²) in [5.41, 5.74) is 1.07. The number of thioether (sulfide) groups is 1. The number of nitrogens with one attached hydrogen (secondary N) is 1. The maximum Gasteiger partial charge on any atom is 0.294 e. The zero-order valence-corrected chi connectivity index (χ0v) is 18.8. The summed E-state index contributed by atoms with van der Waals surface area (Å²) in [7, 11) is 0. The highest BCUT2D eigenvalue weighted by molar-refractivity contribution is 8.18. The summed E-state index contributed by atoms with van der Waals surface area (Å²) in [4.78, 5) is 38.9. The van der Waals surface area contributed by atoms with E-state index >= 15 is 0 Å². The highest BCUT2D eigenvalue weighted by atomic mass is 32.2. The van der Waals surface area contributed by atoms with E-state index in [4.69, 9.17) is 4.74 Å². The zero-order chi connectivity index (χ0) is 23.5. The Labute approximate surface area is 194 Å². The van der Waals surface area contributed by atoms with Crippen LogP contribution in [0.3, 0.4) is 0 Å². The third kappa shape index (κ3) is 5.06. The van der Waals surface area contributed by atoms with Crippen LogP contribution in [0.15, 0.2) is 65.6 Å². The number of halogens is 1. The van der Waals surface area contributed by atoms with E-state index in [9.17, 15) is 18.8 Å². The van der Waals surface area contributed by atoms with E-state index < -0.39 is 29.4 Å². The Kier molecular flexibility index (Phi) is 6.46. The van der Waals surface area contributed by atoms with E-state index in [1.165, 1.54) is 24.3 Å². The molecule has 0 saturated carbocycles. The molecular weight excluding hydrogens is 443 g/mol. The molecule has 1 aliphatic heterocycles. The van der Waals surface area contributed by atoms with Crippen LogP contribution in [-0.4, -0.2) is 34.6 Å². The number of imide groups is 1. The van der Waals surface area contributed by atoms with E-state index in [1.54, 1.807) is 6.08 Å². The van der Waals surface area contributed by atoms with Crippen molar-refractivity contribution in [2.45, 2.75) is 20.0 Å². The fourth-order valence-corrected chi connectivity index (χ4v) is 4.25. The average molecular weight is 465 g/mol. The second kappa shape index (κ2) is 9.46. The Morgan fingerprint density at radius 3 is 2.55 bits per heavy atom. The number of ether oxygens (including phenoxy) is 1. The Balaban J connectivity index is 1.59. The predicted octanol–water partition coefficient (Wildman–Crippen LogP) is 5.44. The zero-order valence-electron chi connectivity index (χ0n) is 18.0. The number of fused-ring (bicyclic) bond motifs is 1. The van der Waals surface area contributed by atoms with Crippen LogP contribution in [0.1, 0.15) is 19.4 Å². The van der Waals surface area contributed by atoms with E-state index in [-0.39, 0.29) is 11.0 Å². The number of hydrogen-bond acceptors (Lipinski definition) is 5. The van der Waals surface area contributed by atoms with Gasteiger partial charge in [0.2, 0.25) is 5.91 Å². The third-order valence-electron chi connectivity index (χ3n) is 4.87. The lowest BCUT2D eigenvalue weighted by Crippen LogP contribution is -2.36. The first-order chi connectivity index (χ1) is 15.8.